The van der Waals surface area contributed by atoms with Crippen LogP contribution in [0.15, 0.2) is 42.7 Å². The van der Waals surface area contributed by atoms with Crippen molar-refractivity contribution in [2.45, 2.75) is 62.9 Å². The highest BCUT2D eigenvalue weighted by Crippen LogP contribution is 2.39. The van der Waals surface area contributed by atoms with E-state index in [1.165, 1.54) is 12.8 Å². The van der Waals surface area contributed by atoms with Gasteiger partial charge in [0.2, 0.25) is 5.91 Å². The summed E-state index contributed by atoms with van der Waals surface area (Å²) in [5.41, 5.74) is 1.71. The summed E-state index contributed by atoms with van der Waals surface area (Å²) >= 11 is 0. The van der Waals surface area contributed by atoms with Gasteiger partial charge in [-0.15, -0.1) is 0 Å². The number of ether oxygens (including phenoxy) is 1. The van der Waals surface area contributed by atoms with Crippen molar-refractivity contribution >= 4 is 11.7 Å². The summed E-state index contributed by atoms with van der Waals surface area (Å²) in [6.45, 7) is 4.95. The van der Waals surface area contributed by atoms with Gasteiger partial charge in [0.15, 0.2) is 0 Å². The summed E-state index contributed by atoms with van der Waals surface area (Å²) in [5.74, 6) is 1.33. The number of hydrogen-bond donors (Lipinski definition) is 0. The van der Waals surface area contributed by atoms with Crippen LogP contribution in [0.3, 0.4) is 0 Å². The molecule has 3 heterocycles. The van der Waals surface area contributed by atoms with Gasteiger partial charge in [0.25, 0.3) is 0 Å². The second-order valence-corrected chi connectivity index (χ2v) is 9.24. The van der Waals surface area contributed by atoms with E-state index in [1.807, 2.05) is 25.1 Å². The maximum absolute atomic E-state index is 13.8. The van der Waals surface area contributed by atoms with Gasteiger partial charge in [-0.05, 0) is 51.0 Å². The van der Waals surface area contributed by atoms with E-state index < -0.39 is 5.41 Å². The number of amides is 1. The average Bonchev–Trinajstić information content (AvgIpc) is 3.65. The molecule has 0 atom stereocenters. The first kappa shape index (κ1) is 20.4. The molecule has 2 aromatic rings. The highest BCUT2D eigenvalue weighted by atomic mass is 16.5. The molecule has 0 bridgehead atoms. The first-order chi connectivity index (χ1) is 15.2. The van der Waals surface area contributed by atoms with Crippen LogP contribution in [-0.2, 0) is 14.9 Å². The Morgan fingerprint density at radius 2 is 1.71 bits per heavy atom. The fourth-order valence-electron chi connectivity index (χ4n) is 5.36. The molecule has 2 saturated heterocycles. The van der Waals surface area contributed by atoms with Gasteiger partial charge < -0.3 is 14.5 Å². The minimum atomic E-state index is -0.438. The minimum Gasteiger partial charge on any atom is -0.381 e. The number of hydrogen-bond acceptors (Lipinski definition) is 5. The van der Waals surface area contributed by atoms with Crippen molar-refractivity contribution in [1.29, 1.82) is 0 Å². The van der Waals surface area contributed by atoms with Crippen LogP contribution in [0.4, 0.5) is 5.82 Å². The van der Waals surface area contributed by atoms with E-state index >= 15 is 0 Å². The molecule has 1 aromatic heterocycles. The van der Waals surface area contributed by atoms with Gasteiger partial charge in [0, 0.05) is 50.1 Å². The number of nitrogens with zero attached hydrogens (tertiary/aromatic N) is 4. The van der Waals surface area contributed by atoms with Crippen LogP contribution >= 0.6 is 0 Å². The molecule has 1 aromatic carbocycles. The van der Waals surface area contributed by atoms with Crippen LogP contribution in [0.5, 0.6) is 0 Å². The zero-order chi connectivity index (χ0) is 21.3. The second-order valence-electron chi connectivity index (χ2n) is 9.24. The summed E-state index contributed by atoms with van der Waals surface area (Å²) in [6.07, 6.45) is 7.67. The molecule has 0 N–H and O–H groups in total. The largest absolute Gasteiger partial charge is 0.381 e. The Balaban J connectivity index is 1.32. The Kier molecular flexibility index (Phi) is 5.65. The van der Waals surface area contributed by atoms with Crippen molar-refractivity contribution in [3.8, 4) is 0 Å². The van der Waals surface area contributed by atoms with E-state index in [-0.39, 0.29) is 5.91 Å². The predicted molar refractivity (Wildman–Crippen MR) is 120 cm³/mol. The van der Waals surface area contributed by atoms with Gasteiger partial charge in [0.1, 0.15) is 12.1 Å². The Morgan fingerprint density at radius 1 is 1.03 bits per heavy atom. The molecule has 164 valence electrons. The van der Waals surface area contributed by atoms with Gasteiger partial charge >= 0.3 is 0 Å². The van der Waals surface area contributed by atoms with Crippen LogP contribution < -0.4 is 4.90 Å². The number of carbonyl (C=O) groups is 1. The molecule has 2 aliphatic heterocycles. The van der Waals surface area contributed by atoms with E-state index in [0.717, 1.165) is 55.8 Å². The van der Waals surface area contributed by atoms with Crippen molar-refractivity contribution in [2.75, 3.05) is 31.2 Å². The van der Waals surface area contributed by atoms with E-state index in [4.69, 9.17) is 4.74 Å². The molecule has 5 rings (SSSR count). The Morgan fingerprint density at radius 3 is 2.35 bits per heavy atom. The molecule has 3 fully saturated rings. The molecule has 6 heteroatoms. The third-order valence-electron chi connectivity index (χ3n) is 7.22. The zero-order valence-electron chi connectivity index (χ0n) is 18.4. The summed E-state index contributed by atoms with van der Waals surface area (Å²) in [6, 6.07) is 13.5. The normalized spacial score (nSPS) is 21.6. The SMILES string of the molecule is Cc1cc(N(C2CC2)C2CCN(C(=O)C3(c4ccccc4)CCOCC3)CC2)ncn1. The number of anilines is 1. The Labute approximate surface area is 184 Å². The Bertz CT molecular complexity index is 901. The standard InChI is InChI=1S/C25H32N4O2/c1-19-17-23(27-18-26-19)29(21-7-8-21)22-9-13-28(14-10-22)24(30)25(11-15-31-16-12-25)20-5-3-2-4-6-20/h2-6,17-18,21-22H,7-16H2,1H3. The lowest BCUT2D eigenvalue weighted by atomic mass is 9.72. The molecular formula is C25H32N4O2. The quantitative estimate of drug-likeness (QED) is 0.741. The Hall–Kier alpha value is -2.47. The molecule has 0 radical (unpaired) electrons. The van der Waals surface area contributed by atoms with Crippen molar-refractivity contribution in [2.24, 2.45) is 0 Å². The first-order valence-corrected chi connectivity index (χ1v) is 11.7. The van der Waals surface area contributed by atoms with Crippen molar-refractivity contribution < 1.29 is 9.53 Å². The first-order valence-electron chi connectivity index (χ1n) is 11.7. The number of rotatable bonds is 5. The van der Waals surface area contributed by atoms with Crippen molar-refractivity contribution in [3.05, 3.63) is 54.0 Å². The second kappa shape index (κ2) is 8.58. The van der Waals surface area contributed by atoms with Crippen LogP contribution in [0.25, 0.3) is 0 Å². The number of aryl methyl sites for hydroxylation is 1. The number of likely N-dealkylation sites (tertiary alicyclic amines) is 1. The van der Waals surface area contributed by atoms with Gasteiger partial charge in [0.05, 0.1) is 5.41 Å². The predicted octanol–water partition coefficient (Wildman–Crippen LogP) is 3.49. The van der Waals surface area contributed by atoms with E-state index in [2.05, 4.69) is 38.0 Å². The molecule has 3 aliphatic rings. The minimum absolute atomic E-state index is 0.288. The van der Waals surface area contributed by atoms with Gasteiger partial charge in [-0.1, -0.05) is 30.3 Å². The molecule has 6 nitrogen and oxygen atoms in total. The fourth-order valence-corrected chi connectivity index (χ4v) is 5.36. The van der Waals surface area contributed by atoms with Crippen LogP contribution in [-0.4, -0.2) is 59.2 Å². The number of piperidine rings is 1. The molecule has 1 saturated carbocycles. The monoisotopic (exact) mass is 420 g/mol. The molecule has 1 amide bonds. The highest BCUT2D eigenvalue weighted by molar-refractivity contribution is 5.88. The van der Waals surface area contributed by atoms with Crippen molar-refractivity contribution in [1.82, 2.24) is 14.9 Å². The van der Waals surface area contributed by atoms with Gasteiger partial charge in [-0.2, -0.15) is 0 Å². The van der Waals surface area contributed by atoms with E-state index in [9.17, 15) is 4.79 Å². The number of benzene rings is 1. The lowest BCUT2D eigenvalue weighted by Gasteiger charge is -2.44. The molecular weight excluding hydrogens is 388 g/mol. The van der Waals surface area contributed by atoms with E-state index in [1.54, 1.807) is 6.33 Å². The third kappa shape index (κ3) is 4.05. The van der Waals surface area contributed by atoms with Crippen LogP contribution in [0.1, 0.15) is 49.8 Å². The summed E-state index contributed by atoms with van der Waals surface area (Å²) in [7, 11) is 0. The van der Waals surface area contributed by atoms with E-state index in [0.29, 0.717) is 25.3 Å². The molecule has 0 spiro atoms. The van der Waals surface area contributed by atoms with Crippen LogP contribution in [0, 0.1) is 6.92 Å². The lowest BCUT2D eigenvalue weighted by molar-refractivity contribution is -0.142. The summed E-state index contributed by atoms with van der Waals surface area (Å²) in [4.78, 5) is 27.3. The highest BCUT2D eigenvalue weighted by Gasteiger charge is 2.45. The summed E-state index contributed by atoms with van der Waals surface area (Å²) < 4.78 is 5.63. The lowest BCUT2D eigenvalue weighted by Crippen LogP contribution is -2.54. The van der Waals surface area contributed by atoms with Crippen molar-refractivity contribution in [3.63, 3.8) is 0 Å². The molecule has 0 unspecified atom stereocenters. The maximum Gasteiger partial charge on any atom is 0.233 e. The smallest absolute Gasteiger partial charge is 0.233 e. The molecule has 1 aliphatic carbocycles. The fraction of sp³-hybridized carbons (Fsp3) is 0.560. The maximum atomic E-state index is 13.8. The van der Waals surface area contributed by atoms with Crippen LogP contribution in [0.2, 0.25) is 0 Å². The van der Waals surface area contributed by atoms with Gasteiger partial charge in [-0.25, -0.2) is 9.97 Å². The topological polar surface area (TPSA) is 58.6 Å². The number of carbonyl (C=O) groups excluding carboxylic acids is 1. The van der Waals surface area contributed by atoms with Gasteiger partial charge in [-0.3, -0.25) is 4.79 Å². The zero-order valence-corrected chi connectivity index (χ0v) is 18.4. The molecule has 31 heavy (non-hydrogen) atoms. The number of aromatic nitrogens is 2. The summed E-state index contributed by atoms with van der Waals surface area (Å²) in [5, 5.41) is 0. The average molecular weight is 421 g/mol. The third-order valence-corrected chi connectivity index (χ3v) is 7.22.